The fourth-order valence-electron chi connectivity index (χ4n) is 3.83. The first-order valence-electron chi connectivity index (χ1n) is 8.47. The highest BCUT2D eigenvalue weighted by molar-refractivity contribution is 5.44. The van der Waals surface area contributed by atoms with E-state index in [1.807, 2.05) is 6.07 Å². The van der Waals surface area contributed by atoms with Crippen LogP contribution in [0.1, 0.15) is 45.4 Å². The van der Waals surface area contributed by atoms with E-state index in [1.54, 1.807) is 12.1 Å². The fraction of sp³-hybridized carbons (Fsp3) is 0.667. The summed E-state index contributed by atoms with van der Waals surface area (Å²) in [6, 6.07) is 8.13. The first-order chi connectivity index (χ1) is 10.2. The van der Waals surface area contributed by atoms with Crippen LogP contribution in [-0.4, -0.2) is 30.1 Å². The van der Waals surface area contributed by atoms with E-state index >= 15 is 0 Å². The van der Waals surface area contributed by atoms with E-state index in [1.165, 1.54) is 57.7 Å². The molecule has 2 aliphatic rings. The number of anilines is 1. The van der Waals surface area contributed by atoms with E-state index in [9.17, 15) is 4.39 Å². The minimum Gasteiger partial charge on any atom is -0.382 e. The van der Waals surface area contributed by atoms with Crippen LogP contribution in [0.3, 0.4) is 0 Å². The van der Waals surface area contributed by atoms with Crippen molar-refractivity contribution >= 4 is 5.69 Å². The van der Waals surface area contributed by atoms with Gasteiger partial charge in [-0.2, -0.15) is 0 Å². The van der Waals surface area contributed by atoms with Crippen molar-refractivity contribution in [3.8, 4) is 0 Å². The molecule has 0 amide bonds. The van der Waals surface area contributed by atoms with Crippen LogP contribution >= 0.6 is 0 Å². The zero-order valence-corrected chi connectivity index (χ0v) is 13.0. The summed E-state index contributed by atoms with van der Waals surface area (Å²) in [5, 5.41) is 3.49. The zero-order chi connectivity index (χ0) is 14.7. The molecule has 21 heavy (non-hydrogen) atoms. The summed E-state index contributed by atoms with van der Waals surface area (Å²) in [6.45, 7) is 4.75. The molecule has 1 aliphatic carbocycles. The zero-order valence-electron chi connectivity index (χ0n) is 13.0. The van der Waals surface area contributed by atoms with E-state index < -0.39 is 0 Å². The monoisotopic (exact) mass is 290 g/mol. The molecule has 116 valence electrons. The van der Waals surface area contributed by atoms with E-state index in [2.05, 4.69) is 17.1 Å². The Morgan fingerprint density at radius 1 is 1.05 bits per heavy atom. The Balaban J connectivity index is 1.47. The van der Waals surface area contributed by atoms with E-state index in [4.69, 9.17) is 0 Å². The number of hydrogen-bond donors (Lipinski definition) is 1. The van der Waals surface area contributed by atoms with Gasteiger partial charge < -0.3 is 10.2 Å². The maximum Gasteiger partial charge on any atom is 0.125 e. The molecule has 1 saturated carbocycles. The van der Waals surface area contributed by atoms with Crippen LogP contribution in [0.5, 0.6) is 0 Å². The molecule has 1 heterocycles. The van der Waals surface area contributed by atoms with Gasteiger partial charge in [0.2, 0.25) is 0 Å². The molecule has 1 aromatic rings. The summed E-state index contributed by atoms with van der Waals surface area (Å²) in [6.07, 6.45) is 7.88. The fourth-order valence-corrected chi connectivity index (χ4v) is 3.83. The molecule has 3 rings (SSSR count). The van der Waals surface area contributed by atoms with Gasteiger partial charge in [-0.05, 0) is 62.6 Å². The lowest BCUT2D eigenvalue weighted by Crippen LogP contribution is -2.45. The molecular formula is C18H27FN2. The second kappa shape index (κ2) is 6.78. The van der Waals surface area contributed by atoms with Crippen LogP contribution in [0.15, 0.2) is 24.3 Å². The maximum absolute atomic E-state index is 13.2. The Morgan fingerprint density at radius 3 is 2.43 bits per heavy atom. The second-order valence-corrected chi connectivity index (χ2v) is 6.88. The molecule has 2 nitrogen and oxygen atoms in total. The Bertz CT molecular complexity index is 446. The maximum atomic E-state index is 13.2. The number of rotatable bonds is 3. The molecule has 0 aromatic heterocycles. The van der Waals surface area contributed by atoms with E-state index in [0.717, 1.165) is 17.6 Å². The Morgan fingerprint density at radius 2 is 1.76 bits per heavy atom. The van der Waals surface area contributed by atoms with Crippen LogP contribution in [0, 0.1) is 11.7 Å². The highest BCUT2D eigenvalue weighted by Crippen LogP contribution is 2.29. The summed E-state index contributed by atoms with van der Waals surface area (Å²) in [4.78, 5) is 2.69. The van der Waals surface area contributed by atoms with Crippen LogP contribution in [0.4, 0.5) is 10.1 Å². The van der Waals surface area contributed by atoms with Gasteiger partial charge in [-0.15, -0.1) is 0 Å². The Labute approximate surface area is 127 Å². The lowest BCUT2D eigenvalue weighted by molar-refractivity contribution is 0.113. The third kappa shape index (κ3) is 3.97. The first kappa shape index (κ1) is 14.8. The summed E-state index contributed by atoms with van der Waals surface area (Å²) < 4.78 is 13.2. The minimum absolute atomic E-state index is 0.159. The molecule has 0 spiro atoms. The molecule has 3 heteroatoms. The van der Waals surface area contributed by atoms with Gasteiger partial charge in [-0.1, -0.05) is 13.0 Å². The predicted octanol–water partition coefficient (Wildman–Crippen LogP) is 4.28. The number of hydrogen-bond acceptors (Lipinski definition) is 2. The lowest BCUT2D eigenvalue weighted by atomic mass is 9.85. The molecule has 0 radical (unpaired) electrons. The average Bonchev–Trinajstić information content (AvgIpc) is 2.49. The van der Waals surface area contributed by atoms with Crippen molar-refractivity contribution in [3.63, 3.8) is 0 Å². The van der Waals surface area contributed by atoms with Gasteiger partial charge in [0.25, 0.3) is 0 Å². The predicted molar refractivity (Wildman–Crippen MR) is 86.0 cm³/mol. The van der Waals surface area contributed by atoms with Gasteiger partial charge in [-0.3, -0.25) is 0 Å². The normalized spacial score (nSPS) is 28.5. The highest BCUT2D eigenvalue weighted by Gasteiger charge is 2.27. The highest BCUT2D eigenvalue weighted by atomic mass is 19.1. The first-order valence-corrected chi connectivity index (χ1v) is 8.47. The Kier molecular flexibility index (Phi) is 4.79. The molecule has 0 unspecified atom stereocenters. The molecule has 1 aromatic carbocycles. The topological polar surface area (TPSA) is 15.3 Å². The minimum atomic E-state index is -0.159. The molecule has 1 aliphatic heterocycles. The smallest absolute Gasteiger partial charge is 0.125 e. The third-order valence-electron chi connectivity index (χ3n) is 5.23. The summed E-state index contributed by atoms with van der Waals surface area (Å²) in [5.74, 6) is 0.766. The van der Waals surface area contributed by atoms with Gasteiger partial charge in [-0.25, -0.2) is 4.39 Å². The van der Waals surface area contributed by atoms with Crippen molar-refractivity contribution in [2.24, 2.45) is 5.92 Å². The molecule has 0 bridgehead atoms. The third-order valence-corrected chi connectivity index (χ3v) is 5.23. The quantitative estimate of drug-likeness (QED) is 0.894. The van der Waals surface area contributed by atoms with E-state index in [-0.39, 0.29) is 5.82 Å². The molecule has 0 atom stereocenters. The second-order valence-electron chi connectivity index (χ2n) is 6.88. The molecule has 2 fully saturated rings. The van der Waals surface area contributed by atoms with Crippen molar-refractivity contribution in [2.45, 2.75) is 57.5 Å². The summed E-state index contributed by atoms with van der Waals surface area (Å²) in [5.41, 5.74) is 0.917. The van der Waals surface area contributed by atoms with Gasteiger partial charge in [0.05, 0.1) is 0 Å². The number of piperidine rings is 1. The van der Waals surface area contributed by atoms with Gasteiger partial charge in [0.15, 0.2) is 0 Å². The lowest BCUT2D eigenvalue weighted by Gasteiger charge is -2.40. The summed E-state index contributed by atoms with van der Waals surface area (Å²) >= 11 is 0. The van der Waals surface area contributed by atoms with Crippen LogP contribution < -0.4 is 5.32 Å². The largest absolute Gasteiger partial charge is 0.382 e. The molecule has 1 saturated heterocycles. The van der Waals surface area contributed by atoms with Crippen molar-refractivity contribution < 1.29 is 4.39 Å². The number of halogens is 1. The average molecular weight is 290 g/mol. The van der Waals surface area contributed by atoms with Gasteiger partial charge in [0.1, 0.15) is 5.82 Å². The molecule has 1 N–H and O–H groups in total. The van der Waals surface area contributed by atoms with Crippen LogP contribution in [0.25, 0.3) is 0 Å². The number of nitrogens with zero attached hydrogens (tertiary/aromatic N) is 1. The van der Waals surface area contributed by atoms with Crippen molar-refractivity contribution in [1.82, 2.24) is 4.90 Å². The summed E-state index contributed by atoms with van der Waals surface area (Å²) in [7, 11) is 0. The van der Waals surface area contributed by atoms with Gasteiger partial charge in [0, 0.05) is 30.9 Å². The van der Waals surface area contributed by atoms with Crippen molar-refractivity contribution in [2.75, 3.05) is 18.4 Å². The Hall–Kier alpha value is -1.09. The molecular weight excluding hydrogens is 263 g/mol. The number of benzene rings is 1. The van der Waals surface area contributed by atoms with Crippen LogP contribution in [0.2, 0.25) is 0 Å². The standard InChI is InChI=1S/C18H27FN2/c1-14-5-7-18(8-6-14)21-11-9-16(10-12-21)20-17-4-2-3-15(19)13-17/h2-4,13-14,16,18,20H,5-12H2,1H3. The number of nitrogens with one attached hydrogen (secondary N) is 1. The van der Waals surface area contributed by atoms with Gasteiger partial charge >= 0.3 is 0 Å². The van der Waals surface area contributed by atoms with Crippen molar-refractivity contribution in [1.29, 1.82) is 0 Å². The van der Waals surface area contributed by atoms with Crippen LogP contribution in [-0.2, 0) is 0 Å². The van der Waals surface area contributed by atoms with Crippen molar-refractivity contribution in [3.05, 3.63) is 30.1 Å². The SMILES string of the molecule is CC1CCC(N2CCC(Nc3cccc(F)c3)CC2)CC1. The van der Waals surface area contributed by atoms with E-state index in [0.29, 0.717) is 6.04 Å². The number of likely N-dealkylation sites (tertiary alicyclic amines) is 1.